The molecule has 3 aromatic rings. The van der Waals surface area contributed by atoms with E-state index in [9.17, 15) is 18.0 Å². The van der Waals surface area contributed by atoms with Crippen LogP contribution < -0.4 is 10.9 Å². The maximum atomic E-state index is 12.6. The Bertz CT molecular complexity index is 1270. The summed E-state index contributed by atoms with van der Waals surface area (Å²) in [4.78, 5) is 24.2. The van der Waals surface area contributed by atoms with Gasteiger partial charge in [0.25, 0.3) is 0 Å². The van der Waals surface area contributed by atoms with Crippen LogP contribution >= 0.6 is 0 Å². The molecule has 1 fully saturated rings. The fourth-order valence-electron chi connectivity index (χ4n) is 3.79. The van der Waals surface area contributed by atoms with Crippen molar-refractivity contribution in [3.63, 3.8) is 0 Å². The highest BCUT2D eigenvalue weighted by molar-refractivity contribution is 7.89. The van der Waals surface area contributed by atoms with Crippen LogP contribution in [0.1, 0.15) is 30.4 Å². The molecule has 0 atom stereocenters. The lowest BCUT2D eigenvalue weighted by atomic mass is 10.1. The first-order valence-corrected chi connectivity index (χ1v) is 11.7. The van der Waals surface area contributed by atoms with E-state index in [4.69, 9.17) is 4.42 Å². The minimum Gasteiger partial charge on any atom is -0.423 e. The Hall–Kier alpha value is -2.97. The average Bonchev–Trinajstić information content (AvgIpc) is 3.28. The Labute approximate surface area is 180 Å². The molecule has 1 aliphatic rings. The van der Waals surface area contributed by atoms with E-state index in [2.05, 4.69) is 5.32 Å². The first-order valence-electron chi connectivity index (χ1n) is 10.3. The van der Waals surface area contributed by atoms with Gasteiger partial charge < -0.3 is 9.73 Å². The lowest BCUT2D eigenvalue weighted by molar-refractivity contribution is -0.116. The number of hydrogen-bond acceptors (Lipinski definition) is 5. The number of rotatable bonds is 6. The molecule has 0 radical (unpaired) electrons. The molecule has 162 valence electrons. The molecule has 7 nitrogen and oxygen atoms in total. The van der Waals surface area contributed by atoms with Crippen LogP contribution in [-0.4, -0.2) is 31.7 Å². The molecule has 2 heterocycles. The van der Waals surface area contributed by atoms with Gasteiger partial charge in [0, 0.05) is 42.7 Å². The summed E-state index contributed by atoms with van der Waals surface area (Å²) in [6, 6.07) is 13.4. The Kier molecular flexibility index (Phi) is 5.93. The number of nitrogens with zero attached hydrogens (tertiary/aromatic N) is 1. The summed E-state index contributed by atoms with van der Waals surface area (Å²) in [6.07, 6.45) is 2.52. The number of fused-ring (bicyclic) bond motifs is 1. The number of anilines is 1. The topological polar surface area (TPSA) is 96.7 Å². The van der Waals surface area contributed by atoms with Crippen LogP contribution in [0.15, 0.2) is 62.6 Å². The van der Waals surface area contributed by atoms with Crippen LogP contribution in [0.4, 0.5) is 5.69 Å². The molecular formula is C23H24N2O5S. The molecule has 0 unspecified atom stereocenters. The monoisotopic (exact) mass is 440 g/mol. The number of carbonyl (C=O) groups excluding carboxylic acids is 1. The van der Waals surface area contributed by atoms with Gasteiger partial charge in [-0.3, -0.25) is 4.79 Å². The lowest BCUT2D eigenvalue weighted by Gasteiger charge is -2.15. The maximum absolute atomic E-state index is 12.6. The predicted octanol–water partition coefficient (Wildman–Crippen LogP) is 3.46. The van der Waals surface area contributed by atoms with Gasteiger partial charge in [0.2, 0.25) is 15.9 Å². The molecule has 1 amide bonds. The fraction of sp³-hybridized carbons (Fsp3) is 0.304. The molecule has 0 saturated carbocycles. The van der Waals surface area contributed by atoms with Crippen molar-refractivity contribution in [1.82, 2.24) is 4.31 Å². The van der Waals surface area contributed by atoms with E-state index in [1.807, 2.05) is 13.0 Å². The van der Waals surface area contributed by atoms with Crippen LogP contribution in [0.3, 0.4) is 0 Å². The zero-order valence-corrected chi connectivity index (χ0v) is 18.1. The number of carbonyl (C=O) groups is 1. The molecule has 2 aromatic carbocycles. The third-order valence-electron chi connectivity index (χ3n) is 5.50. The summed E-state index contributed by atoms with van der Waals surface area (Å²) in [5, 5.41) is 3.63. The highest BCUT2D eigenvalue weighted by Gasteiger charge is 2.26. The van der Waals surface area contributed by atoms with Crippen molar-refractivity contribution in [2.75, 3.05) is 18.4 Å². The van der Waals surface area contributed by atoms with Gasteiger partial charge in [0.15, 0.2) is 0 Å². The SMILES string of the molecule is Cc1cc(=O)oc2cc(NC(=O)CCc3ccc(S(=O)(=O)N4CCCC4)cc3)ccc12. The van der Waals surface area contributed by atoms with Gasteiger partial charge in [-0.25, -0.2) is 13.2 Å². The van der Waals surface area contributed by atoms with Crippen molar-refractivity contribution >= 4 is 32.6 Å². The van der Waals surface area contributed by atoms with E-state index >= 15 is 0 Å². The Balaban J connectivity index is 1.37. The molecule has 1 aliphatic heterocycles. The largest absolute Gasteiger partial charge is 0.423 e. The number of hydrogen-bond donors (Lipinski definition) is 1. The molecule has 4 rings (SSSR count). The highest BCUT2D eigenvalue weighted by atomic mass is 32.2. The summed E-state index contributed by atoms with van der Waals surface area (Å²) < 4.78 is 31.9. The van der Waals surface area contributed by atoms with E-state index in [1.165, 1.54) is 10.4 Å². The fourth-order valence-corrected chi connectivity index (χ4v) is 5.31. The van der Waals surface area contributed by atoms with Crippen LogP contribution in [0, 0.1) is 6.92 Å². The van der Waals surface area contributed by atoms with Gasteiger partial charge in [-0.2, -0.15) is 4.31 Å². The minimum absolute atomic E-state index is 0.178. The summed E-state index contributed by atoms with van der Waals surface area (Å²) >= 11 is 0. The summed E-state index contributed by atoms with van der Waals surface area (Å²) in [5.41, 5.74) is 2.26. The Morgan fingerprint density at radius 2 is 1.77 bits per heavy atom. The normalized spacial score (nSPS) is 14.7. The van der Waals surface area contributed by atoms with Gasteiger partial charge in [-0.1, -0.05) is 12.1 Å². The van der Waals surface area contributed by atoms with Crippen molar-refractivity contribution in [2.45, 2.75) is 37.5 Å². The zero-order chi connectivity index (χ0) is 22.0. The lowest BCUT2D eigenvalue weighted by Crippen LogP contribution is -2.27. The van der Waals surface area contributed by atoms with Crippen LogP contribution in [0.2, 0.25) is 0 Å². The molecule has 8 heteroatoms. The smallest absolute Gasteiger partial charge is 0.336 e. The van der Waals surface area contributed by atoms with Crippen molar-refractivity contribution < 1.29 is 17.6 Å². The van der Waals surface area contributed by atoms with E-state index in [0.717, 1.165) is 29.4 Å². The van der Waals surface area contributed by atoms with Gasteiger partial charge in [-0.05, 0) is 61.6 Å². The number of nitrogens with one attached hydrogen (secondary N) is 1. The highest BCUT2D eigenvalue weighted by Crippen LogP contribution is 2.22. The molecule has 0 bridgehead atoms. The first-order chi connectivity index (χ1) is 14.8. The number of aryl methyl sites for hydroxylation is 2. The second-order valence-electron chi connectivity index (χ2n) is 7.76. The second-order valence-corrected chi connectivity index (χ2v) is 9.70. The third kappa shape index (κ3) is 4.70. The van der Waals surface area contributed by atoms with Crippen LogP contribution in [0.5, 0.6) is 0 Å². The molecule has 0 aliphatic carbocycles. The van der Waals surface area contributed by atoms with Crippen LogP contribution in [0.25, 0.3) is 11.0 Å². The van der Waals surface area contributed by atoms with Gasteiger partial charge in [0.1, 0.15) is 5.58 Å². The molecular weight excluding hydrogens is 416 g/mol. The molecule has 1 aromatic heterocycles. The van der Waals surface area contributed by atoms with Crippen molar-refractivity contribution in [3.05, 3.63) is 70.1 Å². The van der Waals surface area contributed by atoms with E-state index in [1.54, 1.807) is 36.4 Å². The average molecular weight is 441 g/mol. The Morgan fingerprint density at radius 3 is 2.48 bits per heavy atom. The number of sulfonamides is 1. The molecule has 0 spiro atoms. The van der Waals surface area contributed by atoms with Crippen molar-refractivity contribution in [1.29, 1.82) is 0 Å². The zero-order valence-electron chi connectivity index (χ0n) is 17.3. The molecule has 1 N–H and O–H groups in total. The summed E-state index contributed by atoms with van der Waals surface area (Å²) in [7, 11) is -3.43. The standard InChI is InChI=1S/C23H24N2O5S/c1-16-14-23(27)30-21-15-18(7-10-20(16)21)24-22(26)11-6-17-4-8-19(9-5-17)31(28,29)25-12-2-3-13-25/h4-5,7-10,14-15H,2-3,6,11-13H2,1H3,(H,24,26). The third-order valence-corrected chi connectivity index (χ3v) is 7.41. The molecule has 31 heavy (non-hydrogen) atoms. The second kappa shape index (κ2) is 8.64. The summed E-state index contributed by atoms with van der Waals surface area (Å²) in [5.74, 6) is -0.178. The minimum atomic E-state index is -3.43. The van der Waals surface area contributed by atoms with E-state index in [-0.39, 0.29) is 17.2 Å². The first kappa shape index (κ1) is 21.3. The van der Waals surface area contributed by atoms with E-state index < -0.39 is 15.6 Å². The quantitative estimate of drug-likeness (QED) is 0.592. The maximum Gasteiger partial charge on any atom is 0.336 e. The molecule has 1 saturated heterocycles. The summed E-state index contributed by atoms with van der Waals surface area (Å²) in [6.45, 7) is 2.98. The van der Waals surface area contributed by atoms with Gasteiger partial charge in [0.05, 0.1) is 4.90 Å². The van der Waals surface area contributed by atoms with Crippen LogP contribution in [-0.2, 0) is 21.2 Å². The number of amides is 1. The van der Waals surface area contributed by atoms with Crippen molar-refractivity contribution in [2.24, 2.45) is 0 Å². The van der Waals surface area contributed by atoms with Gasteiger partial charge in [-0.15, -0.1) is 0 Å². The number of benzene rings is 2. The Morgan fingerprint density at radius 1 is 1.06 bits per heavy atom. The van der Waals surface area contributed by atoms with E-state index in [0.29, 0.717) is 30.8 Å². The van der Waals surface area contributed by atoms with Crippen molar-refractivity contribution in [3.8, 4) is 0 Å². The van der Waals surface area contributed by atoms with Gasteiger partial charge >= 0.3 is 5.63 Å². The predicted molar refractivity (Wildman–Crippen MR) is 119 cm³/mol.